The summed E-state index contributed by atoms with van der Waals surface area (Å²) in [4.78, 5) is 11.1. The Morgan fingerprint density at radius 1 is 1.16 bits per heavy atom. The minimum absolute atomic E-state index is 0.396. The third-order valence-electron chi connectivity index (χ3n) is 4.80. The highest BCUT2D eigenvalue weighted by Gasteiger charge is 2.21. The van der Waals surface area contributed by atoms with Crippen molar-refractivity contribution in [2.75, 3.05) is 32.1 Å². The van der Waals surface area contributed by atoms with Crippen molar-refractivity contribution in [3.05, 3.63) is 36.8 Å². The van der Waals surface area contributed by atoms with Gasteiger partial charge in [0.1, 0.15) is 17.9 Å². The lowest BCUT2D eigenvalue weighted by molar-refractivity contribution is 0.349. The second kappa shape index (κ2) is 6.68. The van der Waals surface area contributed by atoms with Gasteiger partial charge in [0.05, 0.1) is 24.7 Å². The number of methoxy groups -OCH3 is 1. The molecular weight excluding hydrogens is 316 g/mol. The number of ether oxygens (including phenoxy) is 1. The Labute approximate surface area is 146 Å². The molecule has 0 atom stereocenters. The number of benzene rings is 1. The van der Waals surface area contributed by atoms with Gasteiger partial charge in [0, 0.05) is 12.7 Å². The summed E-state index contributed by atoms with van der Waals surface area (Å²) in [5.41, 5.74) is 1.94. The van der Waals surface area contributed by atoms with Crippen LogP contribution in [0.1, 0.15) is 18.9 Å². The Kier molecular flexibility index (Phi) is 4.23. The quantitative estimate of drug-likeness (QED) is 0.788. The van der Waals surface area contributed by atoms with E-state index in [1.807, 2.05) is 37.5 Å². The lowest BCUT2D eigenvalue weighted by atomic mass is 10.1. The van der Waals surface area contributed by atoms with Crippen LogP contribution in [0, 0.1) is 0 Å². The second-order valence-corrected chi connectivity index (χ2v) is 6.26. The summed E-state index contributed by atoms with van der Waals surface area (Å²) >= 11 is 0. The van der Waals surface area contributed by atoms with E-state index in [4.69, 9.17) is 4.74 Å². The van der Waals surface area contributed by atoms with Crippen LogP contribution >= 0.6 is 0 Å². The van der Waals surface area contributed by atoms with E-state index in [-0.39, 0.29) is 0 Å². The van der Waals surface area contributed by atoms with Crippen molar-refractivity contribution in [1.82, 2.24) is 25.1 Å². The number of hydrogen-bond acceptors (Lipinski definition) is 6. The van der Waals surface area contributed by atoms with Crippen LogP contribution in [0.3, 0.4) is 0 Å². The molecule has 130 valence electrons. The first kappa shape index (κ1) is 15.8. The fraction of sp³-hybridized carbons (Fsp3) is 0.389. The predicted molar refractivity (Wildman–Crippen MR) is 97.5 cm³/mol. The van der Waals surface area contributed by atoms with E-state index in [0.717, 1.165) is 54.2 Å². The molecule has 4 rings (SSSR count). The number of rotatable bonds is 4. The average Bonchev–Trinajstić information content (AvgIpc) is 3.12. The molecule has 0 aliphatic carbocycles. The van der Waals surface area contributed by atoms with E-state index in [1.54, 1.807) is 13.4 Å². The van der Waals surface area contributed by atoms with Crippen molar-refractivity contribution in [2.24, 2.45) is 0 Å². The fourth-order valence-corrected chi connectivity index (χ4v) is 3.36. The Morgan fingerprint density at radius 2 is 1.92 bits per heavy atom. The van der Waals surface area contributed by atoms with E-state index in [2.05, 4.69) is 30.0 Å². The molecule has 0 saturated carbocycles. The van der Waals surface area contributed by atoms with Crippen molar-refractivity contribution in [3.8, 4) is 5.75 Å². The topological polar surface area (TPSA) is 68.1 Å². The predicted octanol–water partition coefficient (Wildman–Crippen LogP) is 2.53. The Morgan fingerprint density at radius 3 is 2.64 bits per heavy atom. The third kappa shape index (κ3) is 2.91. The molecule has 7 heteroatoms. The molecule has 1 fully saturated rings. The smallest absolute Gasteiger partial charge is 0.163 e. The van der Waals surface area contributed by atoms with Crippen molar-refractivity contribution >= 4 is 22.5 Å². The van der Waals surface area contributed by atoms with Gasteiger partial charge >= 0.3 is 0 Å². The summed E-state index contributed by atoms with van der Waals surface area (Å²) in [6, 6.07) is 8.33. The lowest BCUT2D eigenvalue weighted by Gasteiger charge is -2.23. The molecule has 0 amide bonds. The Bertz CT molecular complexity index is 854. The highest BCUT2D eigenvalue weighted by atomic mass is 16.5. The zero-order chi connectivity index (χ0) is 17.2. The van der Waals surface area contributed by atoms with Gasteiger partial charge < -0.3 is 15.0 Å². The molecule has 0 bridgehead atoms. The van der Waals surface area contributed by atoms with Gasteiger partial charge in [-0.3, -0.25) is 0 Å². The van der Waals surface area contributed by atoms with Gasteiger partial charge in [-0.15, -0.1) is 0 Å². The number of aromatic nitrogens is 4. The molecule has 1 aliphatic heterocycles. The largest absolute Gasteiger partial charge is 0.497 e. The fourth-order valence-electron chi connectivity index (χ4n) is 3.36. The van der Waals surface area contributed by atoms with E-state index in [1.165, 1.54) is 0 Å². The van der Waals surface area contributed by atoms with Crippen molar-refractivity contribution < 1.29 is 4.74 Å². The molecule has 1 aliphatic rings. The Hall–Kier alpha value is -2.67. The van der Waals surface area contributed by atoms with Crippen LogP contribution in [0.2, 0.25) is 0 Å². The van der Waals surface area contributed by atoms with E-state index < -0.39 is 0 Å². The summed E-state index contributed by atoms with van der Waals surface area (Å²) in [5, 5.41) is 8.99. The van der Waals surface area contributed by atoms with Crippen LogP contribution in [0.5, 0.6) is 5.75 Å². The molecule has 1 saturated heterocycles. The maximum Gasteiger partial charge on any atom is 0.163 e. The van der Waals surface area contributed by atoms with Gasteiger partial charge in [0.15, 0.2) is 5.65 Å². The molecule has 7 nitrogen and oxygen atoms in total. The molecule has 0 unspecified atom stereocenters. The van der Waals surface area contributed by atoms with Gasteiger partial charge in [-0.2, -0.15) is 5.10 Å². The molecule has 2 aromatic heterocycles. The molecule has 3 heterocycles. The summed E-state index contributed by atoms with van der Waals surface area (Å²) in [6.07, 6.45) is 5.65. The third-order valence-corrected chi connectivity index (χ3v) is 4.80. The first-order valence-corrected chi connectivity index (χ1v) is 8.54. The first-order valence-electron chi connectivity index (χ1n) is 8.54. The summed E-state index contributed by atoms with van der Waals surface area (Å²) in [6.45, 7) is 2.05. The van der Waals surface area contributed by atoms with Gasteiger partial charge in [-0.1, -0.05) is 0 Å². The zero-order valence-corrected chi connectivity index (χ0v) is 14.5. The van der Waals surface area contributed by atoms with Crippen LogP contribution in [0.25, 0.3) is 11.0 Å². The van der Waals surface area contributed by atoms with Crippen molar-refractivity contribution in [3.63, 3.8) is 0 Å². The number of nitrogens with zero attached hydrogens (tertiary/aromatic N) is 5. The number of fused-ring (bicyclic) bond motifs is 1. The van der Waals surface area contributed by atoms with Gasteiger partial charge in [-0.25, -0.2) is 14.6 Å². The zero-order valence-electron chi connectivity index (χ0n) is 14.5. The molecular formula is C18H22N6O. The van der Waals surface area contributed by atoms with Crippen LogP contribution in [-0.2, 0) is 0 Å². The molecule has 25 heavy (non-hydrogen) atoms. The SMILES string of the molecule is COc1ccc(N(C)c2ncnc3c2cnn3C2CCNCC2)cc1. The first-order chi connectivity index (χ1) is 12.3. The standard InChI is InChI=1S/C18H22N6O/c1-23(13-3-5-15(25-2)6-4-13)17-16-11-22-24(18(16)21-12-20-17)14-7-9-19-10-8-14/h3-6,11-12,14,19H,7-10H2,1-2H3. The molecule has 0 radical (unpaired) electrons. The molecule has 3 aromatic rings. The van der Waals surface area contributed by atoms with E-state index in [9.17, 15) is 0 Å². The van der Waals surface area contributed by atoms with Gasteiger partial charge in [0.25, 0.3) is 0 Å². The van der Waals surface area contributed by atoms with Crippen molar-refractivity contribution in [1.29, 1.82) is 0 Å². The van der Waals surface area contributed by atoms with Gasteiger partial charge in [-0.05, 0) is 50.2 Å². The van der Waals surface area contributed by atoms with Gasteiger partial charge in [0.2, 0.25) is 0 Å². The molecule has 1 N–H and O–H groups in total. The number of hydrogen-bond donors (Lipinski definition) is 1. The van der Waals surface area contributed by atoms with E-state index >= 15 is 0 Å². The highest BCUT2D eigenvalue weighted by Crippen LogP contribution is 2.31. The summed E-state index contributed by atoms with van der Waals surface area (Å²) in [5.74, 6) is 1.69. The summed E-state index contributed by atoms with van der Waals surface area (Å²) < 4.78 is 7.29. The molecule has 1 aromatic carbocycles. The normalized spacial score (nSPS) is 15.4. The maximum atomic E-state index is 5.23. The minimum Gasteiger partial charge on any atom is -0.497 e. The monoisotopic (exact) mass is 338 g/mol. The van der Waals surface area contributed by atoms with Crippen LogP contribution in [0.4, 0.5) is 11.5 Å². The number of nitrogens with one attached hydrogen (secondary N) is 1. The highest BCUT2D eigenvalue weighted by molar-refractivity contribution is 5.89. The van der Waals surface area contributed by atoms with Crippen LogP contribution in [-0.4, -0.2) is 47.0 Å². The number of piperidine rings is 1. The Balaban J connectivity index is 1.70. The maximum absolute atomic E-state index is 5.23. The van der Waals surface area contributed by atoms with E-state index in [0.29, 0.717) is 6.04 Å². The second-order valence-electron chi connectivity index (χ2n) is 6.26. The average molecular weight is 338 g/mol. The van der Waals surface area contributed by atoms with Crippen LogP contribution in [0.15, 0.2) is 36.8 Å². The lowest BCUT2D eigenvalue weighted by Crippen LogP contribution is -2.29. The minimum atomic E-state index is 0.396. The van der Waals surface area contributed by atoms with Crippen molar-refractivity contribution in [2.45, 2.75) is 18.9 Å². The van der Waals surface area contributed by atoms with Crippen LogP contribution < -0.4 is 15.0 Å². The molecule has 0 spiro atoms. The number of anilines is 2. The summed E-state index contributed by atoms with van der Waals surface area (Å²) in [7, 11) is 3.67.